The Hall–Kier alpha value is -3.52. The normalized spacial score (nSPS) is 10.4. The number of nitrogens with one attached hydrogen (secondary N) is 3. The van der Waals surface area contributed by atoms with Crippen LogP contribution in [-0.4, -0.2) is 29.3 Å². The van der Waals surface area contributed by atoms with E-state index >= 15 is 0 Å². The minimum atomic E-state index is -0.259. The summed E-state index contributed by atoms with van der Waals surface area (Å²) in [4.78, 5) is 38.9. The molecule has 31 heavy (non-hydrogen) atoms. The summed E-state index contributed by atoms with van der Waals surface area (Å²) in [6, 6.07) is 14.8. The molecule has 1 heterocycles. The number of benzene rings is 2. The van der Waals surface area contributed by atoms with Crippen LogP contribution < -0.4 is 16.0 Å². The third-order valence-corrected chi connectivity index (χ3v) is 5.22. The lowest BCUT2D eigenvalue weighted by atomic mass is 10.1. The van der Waals surface area contributed by atoms with Gasteiger partial charge in [0.1, 0.15) is 0 Å². The smallest absolute Gasteiger partial charge is 0.257 e. The van der Waals surface area contributed by atoms with Crippen LogP contribution in [-0.2, 0) is 16.0 Å². The molecule has 0 atom stereocenters. The molecule has 0 bridgehead atoms. The molecule has 2 aromatic carbocycles. The zero-order valence-electron chi connectivity index (χ0n) is 17.4. The number of anilines is 2. The number of carbonyl (C=O) groups is 3. The van der Waals surface area contributed by atoms with Gasteiger partial charge in [-0.3, -0.25) is 19.7 Å². The zero-order valence-corrected chi connectivity index (χ0v) is 18.2. The molecule has 0 unspecified atom stereocenters. The Morgan fingerprint density at radius 2 is 1.61 bits per heavy atom. The first-order chi connectivity index (χ1) is 14.9. The van der Waals surface area contributed by atoms with E-state index in [4.69, 9.17) is 0 Å². The summed E-state index contributed by atoms with van der Waals surface area (Å²) in [5.74, 6) is -0.431. The molecule has 0 aliphatic carbocycles. The molecule has 0 aliphatic heterocycles. The van der Waals surface area contributed by atoms with Crippen LogP contribution in [0.15, 0.2) is 53.9 Å². The van der Waals surface area contributed by atoms with Gasteiger partial charge in [0.25, 0.3) is 5.91 Å². The highest BCUT2D eigenvalue weighted by Gasteiger charge is 2.10. The van der Waals surface area contributed by atoms with Gasteiger partial charge in [-0.05, 0) is 42.7 Å². The quantitative estimate of drug-likeness (QED) is 0.463. The first kappa shape index (κ1) is 22.2. The number of hydrogen-bond donors (Lipinski definition) is 3. The molecule has 3 aromatic rings. The molecular weight excluding hydrogens is 412 g/mol. The Morgan fingerprint density at radius 3 is 2.26 bits per heavy atom. The summed E-state index contributed by atoms with van der Waals surface area (Å²) in [6.45, 7) is 3.62. The Morgan fingerprint density at radius 1 is 0.903 bits per heavy atom. The topological polar surface area (TPSA) is 100 Å². The summed E-state index contributed by atoms with van der Waals surface area (Å²) < 4.78 is 0. The van der Waals surface area contributed by atoms with Crippen LogP contribution in [0.3, 0.4) is 0 Å². The lowest BCUT2D eigenvalue weighted by molar-refractivity contribution is -0.119. The average Bonchev–Trinajstić information content (AvgIpc) is 3.20. The van der Waals surface area contributed by atoms with Crippen LogP contribution in [0, 0.1) is 0 Å². The molecule has 0 aliphatic rings. The van der Waals surface area contributed by atoms with E-state index in [-0.39, 0.29) is 17.7 Å². The van der Waals surface area contributed by atoms with Crippen molar-refractivity contribution in [3.05, 3.63) is 65.0 Å². The van der Waals surface area contributed by atoms with Crippen LogP contribution in [0.1, 0.15) is 36.2 Å². The summed E-state index contributed by atoms with van der Waals surface area (Å²) in [6.07, 6.45) is 1.78. The van der Waals surface area contributed by atoms with Gasteiger partial charge in [-0.25, -0.2) is 4.98 Å². The number of rotatable bonds is 8. The van der Waals surface area contributed by atoms with E-state index in [0.717, 1.165) is 24.1 Å². The standard InChI is InChI=1S/C23H24N4O3S/c1-15(28)24-13-3-4-17-5-7-18(8-6-17)21-14-31-23(26-21)27-22(30)19-9-11-20(12-10-19)25-16(2)29/h5-12,14H,3-4,13H2,1-2H3,(H,24,28)(H,25,29)(H,26,27,30). The molecule has 1 aromatic heterocycles. The predicted molar refractivity (Wildman–Crippen MR) is 123 cm³/mol. The molecule has 8 heteroatoms. The summed E-state index contributed by atoms with van der Waals surface area (Å²) >= 11 is 1.36. The molecule has 0 radical (unpaired) electrons. The van der Waals surface area contributed by atoms with Crippen molar-refractivity contribution in [3.63, 3.8) is 0 Å². The van der Waals surface area contributed by atoms with Crippen molar-refractivity contribution in [1.82, 2.24) is 10.3 Å². The summed E-state index contributed by atoms with van der Waals surface area (Å²) in [5.41, 5.74) is 4.09. The average molecular weight is 437 g/mol. The fourth-order valence-electron chi connectivity index (χ4n) is 2.94. The Bertz CT molecular complexity index is 1060. The Balaban J connectivity index is 1.56. The molecule has 0 fully saturated rings. The number of hydrogen-bond acceptors (Lipinski definition) is 5. The van der Waals surface area contributed by atoms with E-state index < -0.39 is 0 Å². The number of nitrogens with zero attached hydrogens (tertiary/aromatic N) is 1. The number of carbonyl (C=O) groups excluding carboxylic acids is 3. The van der Waals surface area contributed by atoms with Gasteiger partial charge in [0.05, 0.1) is 5.69 Å². The van der Waals surface area contributed by atoms with Crippen molar-refractivity contribution in [2.75, 3.05) is 17.2 Å². The summed E-state index contributed by atoms with van der Waals surface area (Å²) in [5, 5.41) is 10.7. The third-order valence-electron chi connectivity index (χ3n) is 4.46. The lowest BCUT2D eigenvalue weighted by Gasteiger charge is -2.05. The van der Waals surface area contributed by atoms with E-state index in [1.807, 2.05) is 17.5 Å². The molecule has 0 spiro atoms. The van der Waals surface area contributed by atoms with Gasteiger partial charge >= 0.3 is 0 Å². The van der Waals surface area contributed by atoms with E-state index in [1.54, 1.807) is 24.3 Å². The fourth-order valence-corrected chi connectivity index (χ4v) is 3.66. The van der Waals surface area contributed by atoms with Gasteiger partial charge in [0.15, 0.2) is 5.13 Å². The van der Waals surface area contributed by atoms with Crippen molar-refractivity contribution >= 4 is 39.9 Å². The molecular formula is C23H24N4O3S. The zero-order chi connectivity index (χ0) is 22.2. The maximum absolute atomic E-state index is 12.4. The first-order valence-electron chi connectivity index (χ1n) is 9.89. The SMILES string of the molecule is CC(=O)NCCCc1ccc(-c2csc(NC(=O)c3ccc(NC(C)=O)cc3)n2)cc1. The molecule has 160 valence electrons. The molecule has 3 amide bonds. The van der Waals surface area contributed by atoms with E-state index in [9.17, 15) is 14.4 Å². The van der Waals surface area contributed by atoms with Crippen molar-refractivity contribution in [1.29, 1.82) is 0 Å². The van der Waals surface area contributed by atoms with Gasteiger partial charge in [-0.1, -0.05) is 24.3 Å². The second-order valence-corrected chi connectivity index (χ2v) is 7.89. The monoisotopic (exact) mass is 436 g/mol. The Kier molecular flexibility index (Phi) is 7.50. The highest BCUT2D eigenvalue weighted by molar-refractivity contribution is 7.14. The van der Waals surface area contributed by atoms with Gasteiger partial charge < -0.3 is 10.6 Å². The molecule has 7 nitrogen and oxygen atoms in total. The predicted octanol–water partition coefficient (Wildman–Crippen LogP) is 4.09. The van der Waals surface area contributed by atoms with Gasteiger partial charge in [0.2, 0.25) is 11.8 Å². The summed E-state index contributed by atoms with van der Waals surface area (Å²) in [7, 11) is 0. The van der Waals surface area contributed by atoms with Crippen LogP contribution in [0.5, 0.6) is 0 Å². The van der Waals surface area contributed by atoms with E-state index in [1.165, 1.54) is 30.7 Å². The van der Waals surface area contributed by atoms with Crippen molar-refractivity contribution < 1.29 is 14.4 Å². The second-order valence-electron chi connectivity index (χ2n) is 7.03. The Labute approximate surface area is 184 Å². The van der Waals surface area contributed by atoms with Crippen molar-refractivity contribution in [2.45, 2.75) is 26.7 Å². The highest BCUT2D eigenvalue weighted by atomic mass is 32.1. The molecule has 3 rings (SSSR count). The second kappa shape index (κ2) is 10.5. The minimum absolute atomic E-state index is 0.0104. The number of thiazole rings is 1. The number of aryl methyl sites for hydroxylation is 1. The first-order valence-corrected chi connectivity index (χ1v) is 10.8. The number of amides is 3. The van der Waals surface area contributed by atoms with Gasteiger partial charge in [-0.15, -0.1) is 11.3 Å². The van der Waals surface area contributed by atoms with Crippen molar-refractivity contribution in [3.8, 4) is 11.3 Å². The van der Waals surface area contributed by atoms with Crippen LogP contribution in [0.4, 0.5) is 10.8 Å². The van der Waals surface area contributed by atoms with Crippen molar-refractivity contribution in [2.24, 2.45) is 0 Å². The maximum Gasteiger partial charge on any atom is 0.257 e. The van der Waals surface area contributed by atoms with Crippen LogP contribution in [0.25, 0.3) is 11.3 Å². The molecule has 0 saturated carbocycles. The fraction of sp³-hybridized carbons (Fsp3) is 0.217. The van der Waals surface area contributed by atoms with E-state index in [0.29, 0.717) is 22.9 Å². The lowest BCUT2D eigenvalue weighted by Crippen LogP contribution is -2.21. The largest absolute Gasteiger partial charge is 0.356 e. The van der Waals surface area contributed by atoms with E-state index in [2.05, 4.69) is 33.1 Å². The van der Waals surface area contributed by atoms with Crippen LogP contribution in [0.2, 0.25) is 0 Å². The highest BCUT2D eigenvalue weighted by Crippen LogP contribution is 2.26. The molecule has 3 N–H and O–H groups in total. The third kappa shape index (κ3) is 6.75. The number of aromatic nitrogens is 1. The van der Waals surface area contributed by atoms with Crippen LogP contribution >= 0.6 is 11.3 Å². The van der Waals surface area contributed by atoms with Gasteiger partial charge in [0, 0.05) is 42.6 Å². The minimum Gasteiger partial charge on any atom is -0.356 e. The molecule has 0 saturated heterocycles. The van der Waals surface area contributed by atoms with Gasteiger partial charge in [-0.2, -0.15) is 0 Å². The maximum atomic E-state index is 12.4.